The number of rotatable bonds is 10. The van der Waals surface area contributed by atoms with E-state index in [9.17, 15) is 9.90 Å². The minimum absolute atomic E-state index is 0.0123. The van der Waals surface area contributed by atoms with Crippen molar-refractivity contribution in [1.82, 2.24) is 0 Å². The van der Waals surface area contributed by atoms with Crippen LogP contribution in [-0.4, -0.2) is 62.9 Å². The second-order valence-electron chi connectivity index (χ2n) is 7.39. The van der Waals surface area contributed by atoms with Gasteiger partial charge in [-0.15, -0.1) is 0 Å². The third-order valence-electron chi connectivity index (χ3n) is 2.24. The molecule has 9 heteroatoms. The molecule has 0 aliphatic carbocycles. The summed E-state index contributed by atoms with van der Waals surface area (Å²) in [6.07, 6.45) is 1.96. The molecule has 6 nitrogen and oxygen atoms in total. The number of carbonyl (C=O) groups excluding carboxylic acids is 1. The van der Waals surface area contributed by atoms with Crippen molar-refractivity contribution in [2.24, 2.45) is 0 Å². The average Bonchev–Trinajstić information content (AvgIpc) is 2.29. The second-order valence-corrected chi connectivity index (χ2v) is 17.5. The van der Waals surface area contributed by atoms with Gasteiger partial charge >= 0.3 is 5.97 Å². The Labute approximate surface area is 144 Å². The molecule has 136 valence electrons. The van der Waals surface area contributed by atoms with Crippen LogP contribution in [0.15, 0.2) is 12.2 Å². The lowest BCUT2D eigenvalue weighted by atomic mass is 10.4. The maximum absolute atomic E-state index is 11.2. The fourth-order valence-corrected chi connectivity index (χ4v) is 8.20. The molecule has 0 saturated carbocycles. The summed E-state index contributed by atoms with van der Waals surface area (Å²) in [6, 6.07) is 0. The highest BCUT2D eigenvalue weighted by atomic mass is 28.4. The highest BCUT2D eigenvalue weighted by Gasteiger charge is 2.37. The van der Waals surface area contributed by atoms with Gasteiger partial charge in [0.25, 0.3) is 0 Å². The van der Waals surface area contributed by atoms with Crippen LogP contribution in [0.25, 0.3) is 0 Å². The minimum atomic E-state index is -1.88. The van der Waals surface area contributed by atoms with Gasteiger partial charge in [-0.05, 0) is 46.2 Å². The van der Waals surface area contributed by atoms with Gasteiger partial charge in [-0.1, -0.05) is 6.08 Å². The molecular weight excluding hydrogens is 348 g/mol. The molecular formula is C14H32O6Si3. The molecule has 0 spiro atoms. The van der Waals surface area contributed by atoms with Gasteiger partial charge in [0.2, 0.25) is 5.60 Å². The highest BCUT2D eigenvalue weighted by Crippen LogP contribution is 2.23. The lowest BCUT2D eigenvalue weighted by Gasteiger charge is -2.40. The molecule has 0 aliphatic rings. The molecule has 0 fully saturated rings. The minimum Gasteiger partial charge on any atom is -0.460 e. The van der Waals surface area contributed by atoms with Crippen molar-refractivity contribution >= 4 is 32.8 Å². The van der Waals surface area contributed by atoms with Gasteiger partial charge in [0.15, 0.2) is 16.6 Å². The maximum Gasteiger partial charge on any atom is 0.330 e. The molecule has 0 bridgehead atoms. The summed E-state index contributed by atoms with van der Waals surface area (Å²) in [6.45, 7) is 14.0. The predicted octanol–water partition coefficient (Wildman–Crippen LogP) is 1.16. The van der Waals surface area contributed by atoms with Crippen LogP contribution < -0.4 is 0 Å². The highest BCUT2D eigenvalue weighted by molar-refractivity contribution is 6.71. The Bertz CT molecular complexity index is 384. The van der Waals surface area contributed by atoms with E-state index in [1.165, 1.54) is 6.08 Å². The second kappa shape index (κ2) is 9.25. The van der Waals surface area contributed by atoms with Crippen molar-refractivity contribution in [1.29, 1.82) is 0 Å². The zero-order chi connectivity index (χ0) is 18.3. The molecule has 0 saturated heterocycles. The molecule has 0 amide bonds. The van der Waals surface area contributed by atoms with Crippen molar-refractivity contribution in [2.75, 3.05) is 13.2 Å². The van der Waals surface area contributed by atoms with Crippen molar-refractivity contribution in [3.05, 3.63) is 12.2 Å². The first-order valence-corrected chi connectivity index (χ1v) is 15.6. The monoisotopic (exact) mass is 380 g/mol. The number of aliphatic hydroxyl groups is 1. The molecule has 0 radical (unpaired) electrons. The van der Waals surface area contributed by atoms with E-state index in [-0.39, 0.29) is 13.2 Å². The largest absolute Gasteiger partial charge is 0.460 e. The van der Waals surface area contributed by atoms with Crippen LogP contribution in [0.1, 0.15) is 6.92 Å². The molecule has 0 aromatic heterocycles. The fraction of sp³-hybridized carbons (Fsp3) is 0.786. The van der Waals surface area contributed by atoms with E-state index in [0.29, 0.717) is 10.2 Å². The molecule has 0 aromatic rings. The van der Waals surface area contributed by atoms with E-state index in [1.807, 2.05) is 0 Å². The van der Waals surface area contributed by atoms with Crippen LogP contribution in [0.2, 0.25) is 39.3 Å². The topological polar surface area (TPSA) is 74.2 Å². The molecule has 23 heavy (non-hydrogen) atoms. The number of allylic oxidation sites excluding steroid dienone is 1. The number of hydrogen-bond donors (Lipinski definition) is 1. The Morgan fingerprint density at radius 1 is 1.13 bits per heavy atom. The maximum atomic E-state index is 11.2. The van der Waals surface area contributed by atoms with E-state index in [1.54, 1.807) is 13.0 Å². The summed E-state index contributed by atoms with van der Waals surface area (Å²) in [5.41, 5.74) is -1.07. The van der Waals surface area contributed by atoms with Crippen LogP contribution in [0.4, 0.5) is 0 Å². The van der Waals surface area contributed by atoms with Gasteiger partial charge in [-0.25, -0.2) is 4.79 Å². The standard InChI is InChI=1S/C14H32O6Si3/c1-8-9-13(16)17-10-12(15)11-18-14(21,19-22(2,3)4)20-23(5,6)7/h8-9,12,15H,10-11H2,1-7,21H3. The Hall–Kier alpha value is -0.299. The quantitative estimate of drug-likeness (QED) is 0.265. The van der Waals surface area contributed by atoms with Crippen molar-refractivity contribution < 1.29 is 28.2 Å². The first-order chi connectivity index (χ1) is 10.3. The first kappa shape index (κ1) is 22.7. The molecule has 0 aliphatic heterocycles. The number of ether oxygens (including phenoxy) is 2. The lowest BCUT2D eigenvalue weighted by Crippen LogP contribution is -2.53. The van der Waals surface area contributed by atoms with Gasteiger partial charge in [-0.3, -0.25) is 0 Å². The number of aliphatic hydroxyl groups excluding tert-OH is 1. The van der Waals surface area contributed by atoms with E-state index in [0.717, 1.165) is 0 Å². The van der Waals surface area contributed by atoms with Gasteiger partial charge in [-0.2, -0.15) is 0 Å². The van der Waals surface area contributed by atoms with E-state index in [2.05, 4.69) is 39.3 Å². The van der Waals surface area contributed by atoms with E-state index < -0.39 is 34.3 Å². The van der Waals surface area contributed by atoms with Crippen LogP contribution in [0, 0.1) is 0 Å². The van der Waals surface area contributed by atoms with Gasteiger partial charge in [0.05, 0.1) is 6.61 Å². The normalized spacial score (nSPS) is 15.1. The smallest absolute Gasteiger partial charge is 0.330 e. The summed E-state index contributed by atoms with van der Waals surface area (Å²) >= 11 is 0. The summed E-state index contributed by atoms with van der Waals surface area (Å²) < 4.78 is 22.8. The third kappa shape index (κ3) is 12.8. The molecule has 1 unspecified atom stereocenters. The number of hydrogen-bond acceptors (Lipinski definition) is 6. The Morgan fingerprint density at radius 3 is 2.00 bits per heavy atom. The fourth-order valence-electron chi connectivity index (χ4n) is 1.85. The number of carbonyl (C=O) groups is 1. The van der Waals surface area contributed by atoms with Gasteiger partial charge in [0.1, 0.15) is 23.0 Å². The van der Waals surface area contributed by atoms with Gasteiger partial charge in [0, 0.05) is 6.08 Å². The van der Waals surface area contributed by atoms with Gasteiger partial charge < -0.3 is 23.4 Å². The summed E-state index contributed by atoms with van der Waals surface area (Å²) in [4.78, 5) is 11.2. The molecule has 1 N–H and O–H groups in total. The zero-order valence-electron chi connectivity index (χ0n) is 15.6. The van der Waals surface area contributed by atoms with Crippen LogP contribution >= 0.6 is 0 Å². The van der Waals surface area contributed by atoms with Crippen LogP contribution in [0.5, 0.6) is 0 Å². The Kier molecular flexibility index (Phi) is 9.13. The SMILES string of the molecule is CC=CC(=O)OCC(O)COC([SiH3])(O[Si](C)(C)C)O[Si](C)(C)C. The van der Waals surface area contributed by atoms with Crippen molar-refractivity contribution in [2.45, 2.75) is 57.9 Å². The van der Waals surface area contributed by atoms with E-state index in [4.69, 9.17) is 18.3 Å². The zero-order valence-corrected chi connectivity index (χ0v) is 19.6. The molecule has 0 heterocycles. The lowest BCUT2D eigenvalue weighted by molar-refractivity contribution is -0.259. The third-order valence-corrected chi connectivity index (χ3v) is 5.72. The van der Waals surface area contributed by atoms with E-state index >= 15 is 0 Å². The van der Waals surface area contributed by atoms with Crippen molar-refractivity contribution in [3.63, 3.8) is 0 Å². The van der Waals surface area contributed by atoms with Crippen LogP contribution in [-0.2, 0) is 23.1 Å². The van der Waals surface area contributed by atoms with Crippen molar-refractivity contribution in [3.8, 4) is 0 Å². The average molecular weight is 381 g/mol. The number of esters is 1. The summed E-state index contributed by atoms with van der Waals surface area (Å²) in [7, 11) is -3.25. The summed E-state index contributed by atoms with van der Waals surface area (Å²) in [5, 5.41) is 9.93. The first-order valence-electron chi connectivity index (χ1n) is 7.78. The summed E-state index contributed by atoms with van der Waals surface area (Å²) in [5.74, 6) is -0.486. The Morgan fingerprint density at radius 2 is 1.61 bits per heavy atom. The Balaban J connectivity index is 4.62. The molecule has 1 atom stereocenters. The predicted molar refractivity (Wildman–Crippen MR) is 99.3 cm³/mol. The molecule has 0 aromatic carbocycles. The molecule has 0 rings (SSSR count). The van der Waals surface area contributed by atoms with Crippen LogP contribution in [0.3, 0.4) is 0 Å².